The number of hydrogen-bond acceptors (Lipinski definition) is 3. The van der Waals surface area contributed by atoms with Crippen molar-refractivity contribution in [3.63, 3.8) is 0 Å². The van der Waals surface area contributed by atoms with Crippen LogP contribution in [0, 0.1) is 0 Å². The van der Waals surface area contributed by atoms with E-state index in [1.165, 1.54) is 6.20 Å². The third-order valence-corrected chi connectivity index (χ3v) is 2.07. The molecular formula is C10H7ClN2O. The third kappa shape index (κ3) is 1.67. The average molecular weight is 207 g/mol. The highest BCUT2D eigenvalue weighted by atomic mass is 35.5. The molecule has 14 heavy (non-hydrogen) atoms. The summed E-state index contributed by atoms with van der Waals surface area (Å²) in [4.78, 5) is 8.02. The molecule has 0 atom stereocenters. The summed E-state index contributed by atoms with van der Waals surface area (Å²) in [6.07, 6.45) is 3.11. The van der Waals surface area contributed by atoms with Crippen molar-refractivity contribution in [3.8, 4) is 17.0 Å². The Bertz CT molecular complexity index is 442. The number of phenols is 1. The molecule has 0 aliphatic heterocycles. The van der Waals surface area contributed by atoms with Gasteiger partial charge in [-0.2, -0.15) is 0 Å². The Hall–Kier alpha value is -1.61. The van der Waals surface area contributed by atoms with Crippen LogP contribution in [0.1, 0.15) is 0 Å². The van der Waals surface area contributed by atoms with Crippen LogP contribution in [0.5, 0.6) is 5.75 Å². The first-order valence-corrected chi connectivity index (χ1v) is 4.41. The van der Waals surface area contributed by atoms with Crippen LogP contribution in [-0.2, 0) is 0 Å². The van der Waals surface area contributed by atoms with Crippen molar-refractivity contribution in [2.24, 2.45) is 0 Å². The van der Waals surface area contributed by atoms with Crippen molar-refractivity contribution >= 4 is 11.6 Å². The molecule has 0 saturated carbocycles. The maximum atomic E-state index is 9.10. The van der Waals surface area contributed by atoms with Crippen LogP contribution in [0.2, 0.25) is 5.15 Å². The molecule has 3 nitrogen and oxygen atoms in total. The third-order valence-electron chi connectivity index (χ3n) is 1.79. The second-order valence-electron chi connectivity index (χ2n) is 2.74. The molecule has 0 spiro atoms. The van der Waals surface area contributed by atoms with E-state index >= 15 is 0 Å². The predicted octanol–water partition coefficient (Wildman–Crippen LogP) is 2.50. The quantitative estimate of drug-likeness (QED) is 0.780. The summed E-state index contributed by atoms with van der Waals surface area (Å²) < 4.78 is 0. The minimum atomic E-state index is 0.216. The number of nitrogens with zero attached hydrogens (tertiary/aromatic N) is 2. The summed E-state index contributed by atoms with van der Waals surface area (Å²) in [5.41, 5.74) is 1.45. The maximum absolute atomic E-state index is 9.10. The van der Waals surface area contributed by atoms with Gasteiger partial charge in [-0.3, -0.25) is 4.98 Å². The molecule has 70 valence electrons. The van der Waals surface area contributed by atoms with Crippen molar-refractivity contribution in [2.45, 2.75) is 0 Å². The molecule has 0 radical (unpaired) electrons. The monoisotopic (exact) mass is 206 g/mol. The van der Waals surface area contributed by atoms with Gasteiger partial charge in [0.2, 0.25) is 0 Å². The lowest BCUT2D eigenvalue weighted by molar-refractivity contribution is 0.475. The topological polar surface area (TPSA) is 46.0 Å². The van der Waals surface area contributed by atoms with Crippen LogP contribution < -0.4 is 0 Å². The van der Waals surface area contributed by atoms with Gasteiger partial charge in [-0.25, -0.2) is 4.98 Å². The van der Waals surface area contributed by atoms with E-state index in [0.717, 1.165) is 5.56 Å². The van der Waals surface area contributed by atoms with E-state index in [4.69, 9.17) is 16.7 Å². The smallest absolute Gasteiger partial charge is 0.155 e. The maximum Gasteiger partial charge on any atom is 0.155 e. The van der Waals surface area contributed by atoms with Gasteiger partial charge in [-0.05, 0) is 24.3 Å². The Balaban J connectivity index is 2.50. The molecular weight excluding hydrogens is 200 g/mol. The minimum absolute atomic E-state index is 0.216. The van der Waals surface area contributed by atoms with Crippen LogP contribution in [0.3, 0.4) is 0 Å². The second-order valence-corrected chi connectivity index (χ2v) is 3.10. The molecule has 2 aromatic rings. The van der Waals surface area contributed by atoms with Crippen LogP contribution in [0.15, 0.2) is 36.7 Å². The van der Waals surface area contributed by atoms with Gasteiger partial charge >= 0.3 is 0 Å². The summed E-state index contributed by atoms with van der Waals surface area (Å²) in [7, 11) is 0. The second kappa shape index (κ2) is 3.64. The van der Waals surface area contributed by atoms with Gasteiger partial charge in [0, 0.05) is 18.0 Å². The molecule has 0 saturated heterocycles. The number of halogens is 1. The highest BCUT2D eigenvalue weighted by molar-refractivity contribution is 6.31. The number of hydrogen-bond donors (Lipinski definition) is 1. The number of phenolic OH excluding ortho intramolecular Hbond substituents is 1. The van der Waals surface area contributed by atoms with E-state index in [-0.39, 0.29) is 5.75 Å². The van der Waals surface area contributed by atoms with E-state index in [1.807, 2.05) is 0 Å². The van der Waals surface area contributed by atoms with E-state index in [2.05, 4.69) is 9.97 Å². The van der Waals surface area contributed by atoms with Gasteiger partial charge in [0.15, 0.2) is 5.15 Å². The van der Waals surface area contributed by atoms with Gasteiger partial charge in [0.1, 0.15) is 11.4 Å². The standard InChI is InChI=1S/C10H7ClN2O/c11-10-9(12-5-6-13-10)7-1-3-8(14)4-2-7/h1-6,14H. The highest BCUT2D eigenvalue weighted by Gasteiger charge is 2.04. The van der Waals surface area contributed by atoms with Gasteiger partial charge in [-0.1, -0.05) is 11.6 Å². The highest BCUT2D eigenvalue weighted by Crippen LogP contribution is 2.24. The van der Waals surface area contributed by atoms with Crippen molar-refractivity contribution in [3.05, 3.63) is 41.8 Å². The molecule has 0 unspecified atom stereocenters. The molecule has 4 heteroatoms. The van der Waals surface area contributed by atoms with E-state index in [0.29, 0.717) is 10.8 Å². The van der Waals surface area contributed by atoms with Crippen molar-refractivity contribution < 1.29 is 5.11 Å². The van der Waals surface area contributed by atoms with Crippen LogP contribution in [0.25, 0.3) is 11.3 Å². The fourth-order valence-electron chi connectivity index (χ4n) is 1.13. The summed E-state index contributed by atoms with van der Waals surface area (Å²) >= 11 is 5.86. The van der Waals surface area contributed by atoms with E-state index < -0.39 is 0 Å². The van der Waals surface area contributed by atoms with Crippen LogP contribution in [-0.4, -0.2) is 15.1 Å². The minimum Gasteiger partial charge on any atom is -0.508 e. The number of aromatic hydroxyl groups is 1. The van der Waals surface area contributed by atoms with Crippen molar-refractivity contribution in [1.82, 2.24) is 9.97 Å². The largest absolute Gasteiger partial charge is 0.508 e. The lowest BCUT2D eigenvalue weighted by Crippen LogP contribution is -1.86. The zero-order chi connectivity index (χ0) is 9.97. The van der Waals surface area contributed by atoms with Crippen molar-refractivity contribution in [1.29, 1.82) is 0 Å². The first-order valence-electron chi connectivity index (χ1n) is 4.03. The van der Waals surface area contributed by atoms with Crippen molar-refractivity contribution in [2.75, 3.05) is 0 Å². The molecule has 1 heterocycles. The molecule has 2 rings (SSSR count). The Morgan fingerprint density at radius 1 is 1.00 bits per heavy atom. The van der Waals surface area contributed by atoms with E-state index in [1.54, 1.807) is 30.5 Å². The summed E-state index contributed by atoms with van der Waals surface area (Å²) in [5.74, 6) is 0.216. The first kappa shape index (κ1) is 8.97. The first-order chi connectivity index (χ1) is 6.77. The molecule has 1 aromatic heterocycles. The summed E-state index contributed by atoms with van der Waals surface area (Å²) in [6, 6.07) is 6.65. The zero-order valence-electron chi connectivity index (χ0n) is 7.18. The SMILES string of the molecule is Oc1ccc(-c2nccnc2Cl)cc1. The Labute approximate surface area is 86.0 Å². The number of benzene rings is 1. The Kier molecular flexibility index (Phi) is 2.33. The predicted molar refractivity (Wildman–Crippen MR) is 54.1 cm³/mol. The Morgan fingerprint density at radius 3 is 2.29 bits per heavy atom. The zero-order valence-corrected chi connectivity index (χ0v) is 7.94. The normalized spacial score (nSPS) is 10.1. The van der Waals surface area contributed by atoms with Crippen LogP contribution >= 0.6 is 11.6 Å². The molecule has 0 aliphatic rings. The number of aromatic nitrogens is 2. The number of rotatable bonds is 1. The van der Waals surface area contributed by atoms with Gasteiger partial charge in [0.25, 0.3) is 0 Å². The van der Waals surface area contributed by atoms with Gasteiger partial charge in [-0.15, -0.1) is 0 Å². The molecule has 0 aliphatic carbocycles. The molecule has 1 aromatic carbocycles. The summed E-state index contributed by atoms with van der Waals surface area (Å²) in [6.45, 7) is 0. The summed E-state index contributed by atoms with van der Waals surface area (Å²) in [5, 5.41) is 9.46. The lowest BCUT2D eigenvalue weighted by Gasteiger charge is -2.01. The molecule has 0 bridgehead atoms. The van der Waals surface area contributed by atoms with Crippen LogP contribution in [0.4, 0.5) is 0 Å². The Morgan fingerprint density at radius 2 is 1.64 bits per heavy atom. The fraction of sp³-hybridized carbons (Fsp3) is 0. The lowest BCUT2D eigenvalue weighted by atomic mass is 10.1. The molecule has 0 amide bonds. The van der Waals surface area contributed by atoms with Gasteiger partial charge in [0.05, 0.1) is 0 Å². The fourth-order valence-corrected chi connectivity index (χ4v) is 1.35. The molecule has 1 N–H and O–H groups in total. The average Bonchev–Trinajstić information content (AvgIpc) is 2.20. The van der Waals surface area contributed by atoms with Gasteiger partial charge < -0.3 is 5.11 Å². The van der Waals surface area contributed by atoms with E-state index in [9.17, 15) is 0 Å². The molecule has 0 fully saturated rings.